The van der Waals surface area contributed by atoms with Crippen molar-refractivity contribution < 1.29 is 28.7 Å². The molecule has 2 fully saturated rings. The van der Waals surface area contributed by atoms with Crippen LogP contribution in [0.15, 0.2) is 41.6 Å². The van der Waals surface area contributed by atoms with Crippen LogP contribution in [0, 0.1) is 0 Å². The molecular weight excluding hydrogens is 388 g/mol. The summed E-state index contributed by atoms with van der Waals surface area (Å²) < 4.78 is 10.3. The quantitative estimate of drug-likeness (QED) is 0.315. The largest absolute Gasteiger partial charge is 0.464 e. The summed E-state index contributed by atoms with van der Waals surface area (Å²) in [6, 6.07) is 7.87. The Balaban J connectivity index is 1.89. The second-order valence-electron chi connectivity index (χ2n) is 6.64. The zero-order chi connectivity index (χ0) is 20.6. The van der Waals surface area contributed by atoms with Gasteiger partial charge in [-0.1, -0.05) is 30.3 Å². The normalized spacial score (nSPS) is 23.0. The van der Waals surface area contributed by atoms with Crippen LogP contribution in [0.1, 0.15) is 19.4 Å². The molecular formula is C19H19ClN2O6. The maximum atomic E-state index is 12.8. The molecule has 28 heavy (non-hydrogen) atoms. The van der Waals surface area contributed by atoms with Gasteiger partial charge in [0, 0.05) is 0 Å². The van der Waals surface area contributed by atoms with Gasteiger partial charge in [-0.05, 0) is 36.6 Å². The minimum absolute atomic E-state index is 0.0200. The number of β-lactam (4-membered cyclic amide) rings is 1. The number of hydrogen-bond acceptors (Lipinski definition) is 6. The number of rotatable bonds is 5. The number of allylic oxidation sites excluding steroid dienone is 1. The molecule has 0 saturated carbocycles. The van der Waals surface area contributed by atoms with Gasteiger partial charge in [0.05, 0.1) is 13.5 Å². The van der Waals surface area contributed by atoms with Crippen molar-refractivity contribution in [2.75, 3.05) is 7.11 Å². The van der Waals surface area contributed by atoms with Crippen molar-refractivity contribution in [1.82, 2.24) is 9.80 Å². The lowest BCUT2D eigenvalue weighted by Gasteiger charge is -2.43. The summed E-state index contributed by atoms with van der Waals surface area (Å²) >= 11 is 5.62. The van der Waals surface area contributed by atoms with Gasteiger partial charge in [-0.15, -0.1) is 0 Å². The Kier molecular flexibility index (Phi) is 5.53. The number of carbonyl (C=O) groups excluding carboxylic acids is 4. The van der Waals surface area contributed by atoms with E-state index in [0.717, 1.165) is 15.4 Å². The van der Waals surface area contributed by atoms with Gasteiger partial charge in [-0.25, -0.2) is 4.79 Å². The zero-order valence-electron chi connectivity index (χ0n) is 15.5. The first-order chi connectivity index (χ1) is 13.3. The first-order valence-corrected chi connectivity index (χ1v) is 8.94. The average molecular weight is 407 g/mol. The maximum absolute atomic E-state index is 12.8. The number of fused-ring (bicyclic) bond motifs is 1. The van der Waals surface area contributed by atoms with E-state index in [0.29, 0.717) is 5.57 Å². The first-order valence-electron chi connectivity index (χ1n) is 8.56. The van der Waals surface area contributed by atoms with E-state index in [2.05, 4.69) is 0 Å². The molecule has 2 heterocycles. The summed E-state index contributed by atoms with van der Waals surface area (Å²) in [4.78, 5) is 51.7. The van der Waals surface area contributed by atoms with Crippen LogP contribution in [-0.2, 0) is 35.1 Å². The number of halogens is 1. The second kappa shape index (κ2) is 7.73. The number of ether oxygens (including phenoxy) is 2. The minimum atomic E-state index is -1.40. The fourth-order valence-corrected chi connectivity index (χ4v) is 3.53. The molecule has 0 radical (unpaired) electrons. The minimum Gasteiger partial charge on any atom is -0.464 e. The molecule has 0 aromatic heterocycles. The van der Waals surface area contributed by atoms with Crippen LogP contribution in [0.25, 0.3) is 0 Å². The number of nitrogens with zero attached hydrogens (tertiary/aromatic N) is 2. The molecule has 2 aliphatic heterocycles. The van der Waals surface area contributed by atoms with Gasteiger partial charge in [-0.2, -0.15) is 0 Å². The van der Waals surface area contributed by atoms with Gasteiger partial charge < -0.3 is 9.47 Å². The predicted octanol–water partition coefficient (Wildman–Crippen LogP) is 1.18. The second-order valence-corrected chi connectivity index (χ2v) is 7.01. The highest BCUT2D eigenvalue weighted by atomic mass is 35.5. The molecule has 3 unspecified atom stereocenters. The highest BCUT2D eigenvalue weighted by Gasteiger charge is 2.63. The first kappa shape index (κ1) is 20.0. The summed E-state index contributed by atoms with van der Waals surface area (Å²) in [7, 11) is 1.20. The van der Waals surface area contributed by atoms with Crippen molar-refractivity contribution in [2.24, 2.45) is 0 Å². The van der Waals surface area contributed by atoms with Crippen LogP contribution < -0.4 is 0 Å². The average Bonchev–Trinajstić information content (AvgIpc) is 3.02. The molecule has 0 bridgehead atoms. The van der Waals surface area contributed by atoms with Crippen LogP contribution in [-0.4, -0.2) is 58.4 Å². The van der Waals surface area contributed by atoms with Crippen LogP contribution in [0.3, 0.4) is 0 Å². The molecule has 9 heteroatoms. The SMILES string of the molecule is COC(=O)C(=C(C)C)N1C(=O)C2C1OC(C(=O)Cl)N2C(=O)Cc1ccccc1. The van der Waals surface area contributed by atoms with Crippen molar-refractivity contribution in [2.45, 2.75) is 38.8 Å². The molecule has 0 aliphatic carbocycles. The lowest BCUT2D eigenvalue weighted by Crippen LogP contribution is -2.68. The Morgan fingerprint density at radius 3 is 2.36 bits per heavy atom. The summed E-state index contributed by atoms with van der Waals surface area (Å²) in [5, 5.41) is -0.916. The third-order valence-corrected chi connectivity index (χ3v) is 4.80. The number of esters is 1. The topological polar surface area (TPSA) is 93.2 Å². The van der Waals surface area contributed by atoms with Crippen molar-refractivity contribution >= 4 is 34.6 Å². The predicted molar refractivity (Wildman–Crippen MR) is 97.5 cm³/mol. The van der Waals surface area contributed by atoms with Crippen molar-refractivity contribution in [1.29, 1.82) is 0 Å². The summed E-state index contributed by atoms with van der Waals surface area (Å²) in [6.45, 7) is 3.29. The number of carbonyl (C=O) groups is 4. The smallest absolute Gasteiger partial charge is 0.354 e. The number of amides is 2. The van der Waals surface area contributed by atoms with Gasteiger partial charge in [0.25, 0.3) is 11.1 Å². The Hall–Kier alpha value is -2.71. The Bertz CT molecular complexity index is 864. The highest BCUT2D eigenvalue weighted by Crippen LogP contribution is 2.40. The lowest BCUT2D eigenvalue weighted by atomic mass is 10.00. The van der Waals surface area contributed by atoms with Crippen LogP contribution in [0.4, 0.5) is 0 Å². The van der Waals surface area contributed by atoms with Gasteiger partial charge in [0.2, 0.25) is 12.1 Å². The molecule has 148 valence electrons. The fourth-order valence-electron chi connectivity index (χ4n) is 3.37. The van der Waals surface area contributed by atoms with Gasteiger partial charge in [0.1, 0.15) is 5.70 Å². The molecule has 0 spiro atoms. The molecule has 0 N–H and O–H groups in total. The van der Waals surface area contributed by atoms with Gasteiger partial charge >= 0.3 is 5.97 Å². The van der Waals surface area contributed by atoms with E-state index in [-0.39, 0.29) is 12.1 Å². The molecule has 1 aromatic rings. The Morgan fingerprint density at radius 1 is 1.18 bits per heavy atom. The van der Waals surface area contributed by atoms with E-state index in [1.165, 1.54) is 7.11 Å². The fraction of sp³-hybridized carbons (Fsp3) is 0.368. The Labute approximate surface area is 166 Å². The van der Waals surface area contributed by atoms with E-state index in [4.69, 9.17) is 21.1 Å². The number of methoxy groups -OCH3 is 1. The van der Waals surface area contributed by atoms with Crippen LogP contribution in [0.5, 0.6) is 0 Å². The third kappa shape index (κ3) is 3.29. The standard InChI is InChI=1S/C19H19ClN2O6/c1-10(2)13(19(26)27-3)22-16(25)14-17(22)28-18(15(20)24)21(14)12(23)9-11-7-5-4-6-8-11/h4-8,14,17-18H,9H2,1-3H3. The van der Waals surface area contributed by atoms with Gasteiger partial charge in [-0.3, -0.25) is 24.2 Å². The molecule has 1 aromatic carbocycles. The van der Waals surface area contributed by atoms with Crippen LogP contribution >= 0.6 is 11.6 Å². The maximum Gasteiger partial charge on any atom is 0.354 e. The highest BCUT2D eigenvalue weighted by molar-refractivity contribution is 6.64. The molecule has 8 nitrogen and oxygen atoms in total. The molecule has 3 atom stereocenters. The lowest BCUT2D eigenvalue weighted by molar-refractivity contribution is -0.170. The monoisotopic (exact) mass is 406 g/mol. The molecule has 3 rings (SSSR count). The van der Waals surface area contributed by atoms with E-state index in [9.17, 15) is 19.2 Å². The number of hydrogen-bond donors (Lipinski definition) is 0. The molecule has 2 aliphatic rings. The summed E-state index contributed by atoms with van der Waals surface area (Å²) in [5.74, 6) is -1.71. The van der Waals surface area contributed by atoms with Crippen molar-refractivity contribution in [3.8, 4) is 0 Å². The molecule has 2 saturated heterocycles. The number of benzene rings is 1. The third-order valence-electron chi connectivity index (χ3n) is 4.61. The molecule has 2 amide bonds. The van der Waals surface area contributed by atoms with Crippen molar-refractivity contribution in [3.05, 3.63) is 47.2 Å². The zero-order valence-corrected chi connectivity index (χ0v) is 16.3. The van der Waals surface area contributed by atoms with Gasteiger partial charge in [0.15, 0.2) is 12.3 Å². The van der Waals surface area contributed by atoms with E-state index < -0.39 is 41.5 Å². The number of likely N-dealkylation sites (tertiary alicyclic amines) is 1. The van der Waals surface area contributed by atoms with E-state index in [1.807, 2.05) is 6.07 Å². The summed E-state index contributed by atoms with van der Waals surface area (Å²) in [6.07, 6.45) is -2.41. The van der Waals surface area contributed by atoms with Crippen molar-refractivity contribution in [3.63, 3.8) is 0 Å². The van der Waals surface area contributed by atoms with Crippen LogP contribution in [0.2, 0.25) is 0 Å². The Morgan fingerprint density at radius 2 is 1.82 bits per heavy atom. The summed E-state index contributed by atoms with van der Waals surface area (Å²) in [5.41, 5.74) is 1.27. The van der Waals surface area contributed by atoms with E-state index in [1.54, 1.807) is 38.1 Å². The van der Waals surface area contributed by atoms with E-state index >= 15 is 0 Å².